The number of halogens is 1. The number of carbonyl (C=O) groups is 2. The van der Waals surface area contributed by atoms with Crippen LogP contribution >= 0.6 is 22.9 Å². The molecule has 0 atom stereocenters. The standard InChI is InChI=1S/C22H22ClN3O2S/c1-15-6-7-17(13-19(15)23)24-22(28)26-10-8-25(9-11-26)21(27)12-16-14-29-20-5-3-2-4-18(16)20/h2-7,13-14H,8-12H2,1H3,(H,24,28). The fourth-order valence-corrected chi connectivity index (χ4v) is 4.62. The largest absolute Gasteiger partial charge is 0.339 e. The van der Waals surface area contributed by atoms with Gasteiger partial charge in [-0.05, 0) is 47.0 Å². The van der Waals surface area contributed by atoms with Crippen LogP contribution in [-0.4, -0.2) is 47.9 Å². The summed E-state index contributed by atoms with van der Waals surface area (Å²) < 4.78 is 1.20. The fourth-order valence-electron chi connectivity index (χ4n) is 3.48. The Bertz CT molecular complexity index is 1060. The van der Waals surface area contributed by atoms with Crippen molar-refractivity contribution in [3.05, 3.63) is 64.0 Å². The number of nitrogens with one attached hydrogen (secondary N) is 1. The summed E-state index contributed by atoms with van der Waals surface area (Å²) in [6, 6.07) is 13.5. The average Bonchev–Trinajstić information content (AvgIpc) is 3.14. The molecule has 1 aromatic heterocycles. The van der Waals surface area contributed by atoms with Crippen molar-refractivity contribution in [2.45, 2.75) is 13.3 Å². The van der Waals surface area contributed by atoms with E-state index in [4.69, 9.17) is 11.6 Å². The Morgan fingerprint density at radius 2 is 1.79 bits per heavy atom. The Morgan fingerprint density at radius 1 is 1.07 bits per heavy atom. The molecule has 1 saturated heterocycles. The zero-order valence-electron chi connectivity index (χ0n) is 16.2. The van der Waals surface area contributed by atoms with Crippen molar-refractivity contribution in [2.24, 2.45) is 0 Å². The molecule has 3 amide bonds. The Balaban J connectivity index is 1.32. The number of rotatable bonds is 3. The van der Waals surface area contributed by atoms with E-state index in [1.807, 2.05) is 36.1 Å². The smallest absolute Gasteiger partial charge is 0.321 e. The molecule has 5 nitrogen and oxygen atoms in total. The minimum Gasteiger partial charge on any atom is -0.339 e. The number of urea groups is 1. The highest BCUT2D eigenvalue weighted by molar-refractivity contribution is 7.17. The topological polar surface area (TPSA) is 52.7 Å². The highest BCUT2D eigenvalue weighted by atomic mass is 35.5. The number of nitrogens with zero attached hydrogens (tertiary/aromatic N) is 2. The third-order valence-electron chi connectivity index (χ3n) is 5.25. The Labute approximate surface area is 178 Å². The Morgan fingerprint density at radius 3 is 2.55 bits per heavy atom. The van der Waals surface area contributed by atoms with Crippen LogP contribution in [0.5, 0.6) is 0 Å². The van der Waals surface area contributed by atoms with Crippen molar-refractivity contribution in [1.29, 1.82) is 0 Å². The van der Waals surface area contributed by atoms with Crippen LogP contribution in [0.25, 0.3) is 10.1 Å². The maximum Gasteiger partial charge on any atom is 0.321 e. The minimum absolute atomic E-state index is 0.110. The van der Waals surface area contributed by atoms with Crippen LogP contribution < -0.4 is 5.32 Å². The average molecular weight is 428 g/mol. The van der Waals surface area contributed by atoms with Gasteiger partial charge >= 0.3 is 6.03 Å². The first kappa shape index (κ1) is 19.7. The molecule has 7 heteroatoms. The van der Waals surface area contributed by atoms with Gasteiger partial charge in [0.25, 0.3) is 0 Å². The summed E-state index contributed by atoms with van der Waals surface area (Å²) in [5, 5.41) is 6.73. The lowest BCUT2D eigenvalue weighted by Crippen LogP contribution is -2.52. The van der Waals surface area contributed by atoms with Crippen molar-refractivity contribution >= 4 is 50.6 Å². The first-order valence-corrected chi connectivity index (χ1v) is 10.8. The van der Waals surface area contributed by atoms with E-state index in [9.17, 15) is 9.59 Å². The molecule has 0 bridgehead atoms. The van der Waals surface area contributed by atoms with E-state index in [0.717, 1.165) is 16.5 Å². The molecule has 1 aliphatic rings. The van der Waals surface area contributed by atoms with Crippen molar-refractivity contribution in [1.82, 2.24) is 9.80 Å². The van der Waals surface area contributed by atoms with Crippen LogP contribution in [0, 0.1) is 6.92 Å². The van der Waals surface area contributed by atoms with Gasteiger partial charge in [-0.15, -0.1) is 11.3 Å². The second-order valence-electron chi connectivity index (χ2n) is 7.20. The summed E-state index contributed by atoms with van der Waals surface area (Å²) in [6.07, 6.45) is 0.401. The van der Waals surface area contributed by atoms with Gasteiger partial charge in [0.05, 0.1) is 6.42 Å². The van der Waals surface area contributed by atoms with E-state index in [-0.39, 0.29) is 11.9 Å². The summed E-state index contributed by atoms with van der Waals surface area (Å²) in [7, 11) is 0. The molecular formula is C22H22ClN3O2S. The molecule has 0 radical (unpaired) electrons. The molecule has 150 valence electrons. The molecule has 0 aliphatic carbocycles. The zero-order valence-corrected chi connectivity index (χ0v) is 17.7. The molecule has 0 spiro atoms. The predicted octanol–water partition coefficient (Wildman–Crippen LogP) is 4.78. The van der Waals surface area contributed by atoms with Crippen LogP contribution in [-0.2, 0) is 11.2 Å². The van der Waals surface area contributed by atoms with Crippen molar-refractivity contribution in [3.63, 3.8) is 0 Å². The number of thiophene rings is 1. The summed E-state index contributed by atoms with van der Waals surface area (Å²) in [4.78, 5) is 28.8. The minimum atomic E-state index is -0.166. The molecule has 1 fully saturated rings. The lowest BCUT2D eigenvalue weighted by molar-refractivity contribution is -0.131. The molecule has 1 N–H and O–H groups in total. The van der Waals surface area contributed by atoms with E-state index in [1.54, 1.807) is 22.3 Å². The van der Waals surface area contributed by atoms with Crippen LogP contribution in [0.1, 0.15) is 11.1 Å². The first-order valence-electron chi connectivity index (χ1n) is 9.56. The van der Waals surface area contributed by atoms with Crippen LogP contribution in [0.3, 0.4) is 0 Å². The number of hydrogen-bond acceptors (Lipinski definition) is 3. The SMILES string of the molecule is Cc1ccc(NC(=O)N2CCN(C(=O)Cc3csc4ccccc34)CC2)cc1Cl. The lowest BCUT2D eigenvalue weighted by Gasteiger charge is -2.34. The number of fused-ring (bicyclic) bond motifs is 1. The van der Waals surface area contributed by atoms with Gasteiger partial charge in [-0.25, -0.2) is 4.79 Å². The maximum absolute atomic E-state index is 12.7. The quantitative estimate of drug-likeness (QED) is 0.653. The van der Waals surface area contributed by atoms with Crippen molar-refractivity contribution in [2.75, 3.05) is 31.5 Å². The second kappa shape index (κ2) is 8.43. The maximum atomic E-state index is 12.7. The normalized spacial score (nSPS) is 14.3. The predicted molar refractivity (Wildman–Crippen MR) is 119 cm³/mol. The van der Waals surface area contributed by atoms with Gasteiger partial charge < -0.3 is 15.1 Å². The van der Waals surface area contributed by atoms with Gasteiger partial charge in [0.2, 0.25) is 5.91 Å². The van der Waals surface area contributed by atoms with Gasteiger partial charge in [-0.1, -0.05) is 35.9 Å². The number of amides is 3. The molecular weight excluding hydrogens is 406 g/mol. The van der Waals surface area contributed by atoms with E-state index in [0.29, 0.717) is 43.3 Å². The molecule has 1 aliphatic heterocycles. The summed E-state index contributed by atoms with van der Waals surface area (Å²) >= 11 is 7.79. The molecule has 2 heterocycles. The number of carbonyl (C=O) groups excluding carboxylic acids is 2. The van der Waals surface area contributed by atoms with E-state index in [2.05, 4.69) is 22.8 Å². The van der Waals surface area contributed by atoms with Crippen molar-refractivity contribution in [3.8, 4) is 0 Å². The monoisotopic (exact) mass is 427 g/mol. The zero-order chi connectivity index (χ0) is 20.4. The van der Waals surface area contributed by atoms with Gasteiger partial charge in [0.15, 0.2) is 0 Å². The lowest BCUT2D eigenvalue weighted by atomic mass is 10.1. The number of benzene rings is 2. The highest BCUT2D eigenvalue weighted by Crippen LogP contribution is 2.26. The molecule has 3 aromatic rings. The van der Waals surface area contributed by atoms with Crippen LogP contribution in [0.2, 0.25) is 5.02 Å². The van der Waals surface area contributed by atoms with Gasteiger partial charge in [-0.2, -0.15) is 0 Å². The van der Waals surface area contributed by atoms with Crippen LogP contribution in [0.15, 0.2) is 47.8 Å². The van der Waals surface area contributed by atoms with E-state index >= 15 is 0 Å². The van der Waals surface area contributed by atoms with E-state index in [1.165, 1.54) is 4.70 Å². The third kappa shape index (κ3) is 4.38. The summed E-state index contributed by atoms with van der Waals surface area (Å²) in [6.45, 7) is 4.04. The summed E-state index contributed by atoms with van der Waals surface area (Å²) in [5.74, 6) is 0.110. The number of hydrogen-bond donors (Lipinski definition) is 1. The first-order chi connectivity index (χ1) is 14.0. The fraction of sp³-hybridized carbons (Fsp3) is 0.273. The molecule has 0 unspecified atom stereocenters. The Hall–Kier alpha value is -2.57. The Kier molecular flexibility index (Phi) is 5.74. The summed E-state index contributed by atoms with van der Waals surface area (Å²) in [5.41, 5.74) is 2.72. The third-order valence-corrected chi connectivity index (χ3v) is 6.67. The highest BCUT2D eigenvalue weighted by Gasteiger charge is 2.24. The number of anilines is 1. The number of aryl methyl sites for hydroxylation is 1. The van der Waals surface area contributed by atoms with Gasteiger partial charge in [0, 0.05) is 41.6 Å². The molecule has 0 saturated carbocycles. The van der Waals surface area contributed by atoms with Crippen molar-refractivity contribution < 1.29 is 9.59 Å². The molecule has 2 aromatic carbocycles. The van der Waals surface area contributed by atoms with Gasteiger partial charge in [0.1, 0.15) is 0 Å². The van der Waals surface area contributed by atoms with E-state index < -0.39 is 0 Å². The molecule has 29 heavy (non-hydrogen) atoms. The van der Waals surface area contributed by atoms with Gasteiger partial charge in [-0.3, -0.25) is 4.79 Å². The van der Waals surface area contributed by atoms with Crippen LogP contribution in [0.4, 0.5) is 10.5 Å². The molecule has 4 rings (SSSR count). The second-order valence-corrected chi connectivity index (χ2v) is 8.51. The number of piperazine rings is 1.